The molecule has 1 heterocycles. The van der Waals surface area contributed by atoms with Gasteiger partial charge in [0.25, 0.3) is 10.0 Å². The highest BCUT2D eigenvalue weighted by Gasteiger charge is 2.23. The summed E-state index contributed by atoms with van der Waals surface area (Å²) in [7, 11) is -3.90. The Morgan fingerprint density at radius 1 is 0.933 bits per heavy atom. The highest BCUT2D eigenvalue weighted by molar-refractivity contribution is 7.92. The van der Waals surface area contributed by atoms with Crippen molar-refractivity contribution in [1.82, 2.24) is 4.98 Å². The van der Waals surface area contributed by atoms with Crippen molar-refractivity contribution in [2.45, 2.75) is 18.2 Å². The molecule has 7 heteroatoms. The molecule has 0 spiro atoms. The number of halogens is 1. The van der Waals surface area contributed by atoms with Gasteiger partial charge in [-0.3, -0.25) is 0 Å². The molecule has 0 radical (unpaired) electrons. The maximum atomic E-state index is 14.2. The van der Waals surface area contributed by atoms with E-state index in [2.05, 4.69) is 9.71 Å². The Bertz CT molecular complexity index is 1270. The molecule has 0 unspecified atom stereocenters. The normalized spacial score (nSPS) is 11.4. The smallest absolute Gasteiger partial charge is 0.264 e. The number of nitrogens with zero attached hydrogens (tertiary/aromatic N) is 1. The van der Waals surface area contributed by atoms with E-state index in [9.17, 15) is 12.8 Å². The molecule has 0 atom stereocenters. The van der Waals surface area contributed by atoms with Crippen LogP contribution in [0.25, 0.3) is 11.3 Å². The van der Waals surface area contributed by atoms with Gasteiger partial charge in [-0.1, -0.05) is 60.7 Å². The molecule has 0 saturated carbocycles. The maximum Gasteiger partial charge on any atom is 0.264 e. The Hall–Kier alpha value is -3.45. The summed E-state index contributed by atoms with van der Waals surface area (Å²) in [5.74, 6) is -0.124. The van der Waals surface area contributed by atoms with E-state index in [1.54, 1.807) is 37.3 Å². The van der Waals surface area contributed by atoms with Gasteiger partial charge in [-0.25, -0.2) is 22.5 Å². The maximum absolute atomic E-state index is 14.2. The average Bonchev–Trinajstić information content (AvgIpc) is 3.12. The standard InChI is InChI=1S/C23H19FN2O3S/c1-16-19(13-8-14-20(16)24)22-23(26-30(27,28)18-11-6-3-7-12-18)29-21(25-22)15-17-9-4-2-5-10-17/h2-14,26H,15H2,1H3. The van der Waals surface area contributed by atoms with Crippen molar-refractivity contribution in [2.75, 3.05) is 4.72 Å². The van der Waals surface area contributed by atoms with Gasteiger partial charge in [-0.05, 0) is 36.2 Å². The number of benzene rings is 3. The molecule has 3 aromatic carbocycles. The lowest BCUT2D eigenvalue weighted by molar-refractivity contribution is 0.521. The summed E-state index contributed by atoms with van der Waals surface area (Å²) in [6.45, 7) is 1.62. The summed E-state index contributed by atoms with van der Waals surface area (Å²) in [5.41, 5.74) is 2.03. The molecule has 0 bridgehead atoms. The van der Waals surface area contributed by atoms with Crippen LogP contribution in [0.3, 0.4) is 0 Å². The van der Waals surface area contributed by atoms with Crippen molar-refractivity contribution in [3.05, 3.63) is 102 Å². The summed E-state index contributed by atoms with van der Waals surface area (Å²) < 4.78 is 48.1. The summed E-state index contributed by atoms with van der Waals surface area (Å²) in [5, 5.41) is 0. The van der Waals surface area contributed by atoms with Crippen LogP contribution < -0.4 is 4.72 Å². The monoisotopic (exact) mass is 422 g/mol. The van der Waals surface area contributed by atoms with Crippen molar-refractivity contribution in [1.29, 1.82) is 0 Å². The van der Waals surface area contributed by atoms with Gasteiger partial charge < -0.3 is 4.42 Å². The first-order valence-electron chi connectivity index (χ1n) is 9.31. The predicted octanol–water partition coefficient (Wildman–Crippen LogP) is 5.18. The zero-order chi connectivity index (χ0) is 21.1. The van der Waals surface area contributed by atoms with Crippen molar-refractivity contribution in [2.24, 2.45) is 0 Å². The van der Waals surface area contributed by atoms with E-state index in [0.29, 0.717) is 23.4 Å². The zero-order valence-corrected chi connectivity index (χ0v) is 17.0. The Kier molecular flexibility index (Phi) is 5.37. The number of sulfonamides is 1. The van der Waals surface area contributed by atoms with Crippen molar-refractivity contribution < 1.29 is 17.2 Å². The summed E-state index contributed by atoms with van der Waals surface area (Å²) in [6.07, 6.45) is 0.370. The van der Waals surface area contributed by atoms with Crippen LogP contribution in [0.5, 0.6) is 0 Å². The van der Waals surface area contributed by atoms with E-state index < -0.39 is 15.8 Å². The Morgan fingerprint density at radius 2 is 1.60 bits per heavy atom. The van der Waals surface area contributed by atoms with E-state index in [1.807, 2.05) is 30.3 Å². The molecule has 0 aliphatic carbocycles. The second-order valence-electron chi connectivity index (χ2n) is 6.78. The number of rotatable bonds is 6. The highest BCUT2D eigenvalue weighted by Crippen LogP contribution is 2.33. The lowest BCUT2D eigenvalue weighted by atomic mass is 10.1. The molecular formula is C23H19FN2O3S. The van der Waals surface area contributed by atoms with Crippen LogP contribution in [0.15, 0.2) is 88.2 Å². The molecule has 0 fully saturated rings. The third kappa shape index (κ3) is 4.11. The largest absolute Gasteiger partial charge is 0.423 e. The molecule has 0 saturated heterocycles. The van der Waals surface area contributed by atoms with Crippen LogP contribution in [-0.2, 0) is 16.4 Å². The minimum absolute atomic E-state index is 0.0431. The van der Waals surface area contributed by atoms with Crippen molar-refractivity contribution in [3.63, 3.8) is 0 Å². The summed E-state index contributed by atoms with van der Waals surface area (Å²) in [4.78, 5) is 4.59. The Balaban J connectivity index is 1.78. The van der Waals surface area contributed by atoms with Gasteiger partial charge in [0, 0.05) is 12.0 Å². The SMILES string of the molecule is Cc1c(F)cccc1-c1nc(Cc2ccccc2)oc1NS(=O)(=O)c1ccccc1. The number of hydrogen-bond acceptors (Lipinski definition) is 4. The second-order valence-corrected chi connectivity index (χ2v) is 8.46. The third-order valence-corrected chi connectivity index (χ3v) is 6.02. The van der Waals surface area contributed by atoms with E-state index in [0.717, 1.165) is 5.56 Å². The van der Waals surface area contributed by atoms with Gasteiger partial charge in [-0.2, -0.15) is 0 Å². The molecule has 0 aliphatic heterocycles. The van der Waals surface area contributed by atoms with Crippen molar-refractivity contribution >= 4 is 15.9 Å². The molecule has 30 heavy (non-hydrogen) atoms. The van der Waals surface area contributed by atoms with Gasteiger partial charge in [0.05, 0.1) is 4.90 Å². The van der Waals surface area contributed by atoms with Gasteiger partial charge >= 0.3 is 0 Å². The average molecular weight is 422 g/mol. The van der Waals surface area contributed by atoms with E-state index in [4.69, 9.17) is 4.42 Å². The topological polar surface area (TPSA) is 72.2 Å². The second kappa shape index (κ2) is 8.12. The van der Waals surface area contributed by atoms with Crippen LogP contribution in [-0.4, -0.2) is 13.4 Å². The van der Waals surface area contributed by atoms with E-state index >= 15 is 0 Å². The first-order chi connectivity index (χ1) is 14.4. The lowest BCUT2D eigenvalue weighted by Gasteiger charge is -2.08. The number of nitrogens with one attached hydrogen (secondary N) is 1. The highest BCUT2D eigenvalue weighted by atomic mass is 32.2. The van der Waals surface area contributed by atoms with Crippen molar-refractivity contribution in [3.8, 4) is 11.3 Å². The van der Waals surface area contributed by atoms with Gasteiger partial charge in [-0.15, -0.1) is 0 Å². The Labute approximate surface area is 174 Å². The number of oxazole rings is 1. The first kappa shape index (κ1) is 19.8. The van der Waals surface area contributed by atoms with Crippen LogP contribution in [0, 0.1) is 12.7 Å². The molecule has 4 rings (SSSR count). The summed E-state index contributed by atoms with van der Waals surface area (Å²) in [6, 6.07) is 22.1. The number of anilines is 1. The Morgan fingerprint density at radius 3 is 2.30 bits per heavy atom. The van der Waals surface area contributed by atoms with Gasteiger partial charge in [0.1, 0.15) is 11.5 Å². The van der Waals surface area contributed by atoms with Crippen LogP contribution in [0.1, 0.15) is 17.0 Å². The van der Waals surface area contributed by atoms with Crippen LogP contribution >= 0.6 is 0 Å². The van der Waals surface area contributed by atoms with Crippen LogP contribution in [0.4, 0.5) is 10.3 Å². The molecule has 152 valence electrons. The minimum atomic E-state index is -3.90. The minimum Gasteiger partial charge on any atom is -0.423 e. The zero-order valence-electron chi connectivity index (χ0n) is 16.2. The fraction of sp³-hybridized carbons (Fsp3) is 0.0870. The predicted molar refractivity (Wildman–Crippen MR) is 113 cm³/mol. The number of aromatic nitrogens is 1. The fourth-order valence-corrected chi connectivity index (χ4v) is 4.12. The lowest BCUT2D eigenvalue weighted by Crippen LogP contribution is -2.13. The fourth-order valence-electron chi connectivity index (χ4n) is 3.11. The molecule has 4 aromatic rings. The third-order valence-electron chi connectivity index (χ3n) is 4.67. The van der Waals surface area contributed by atoms with E-state index in [-0.39, 0.29) is 16.5 Å². The molecular weight excluding hydrogens is 403 g/mol. The van der Waals surface area contributed by atoms with Gasteiger partial charge in [0.15, 0.2) is 0 Å². The quantitative estimate of drug-likeness (QED) is 0.465. The molecule has 1 aromatic heterocycles. The van der Waals surface area contributed by atoms with Crippen LogP contribution in [0.2, 0.25) is 0 Å². The first-order valence-corrected chi connectivity index (χ1v) is 10.8. The molecule has 1 N–H and O–H groups in total. The van der Waals surface area contributed by atoms with E-state index in [1.165, 1.54) is 18.2 Å². The summed E-state index contributed by atoms with van der Waals surface area (Å²) >= 11 is 0. The molecule has 0 amide bonds. The van der Waals surface area contributed by atoms with Gasteiger partial charge in [0.2, 0.25) is 11.8 Å². The number of hydrogen-bond donors (Lipinski definition) is 1. The molecule has 5 nitrogen and oxygen atoms in total. The molecule has 0 aliphatic rings.